The zero-order valence-corrected chi connectivity index (χ0v) is 12.0. The maximum absolute atomic E-state index is 5.76. The number of hydrogen-bond acceptors (Lipinski definition) is 2. The molecule has 0 saturated heterocycles. The van der Waals surface area contributed by atoms with Crippen molar-refractivity contribution >= 4 is 0 Å². The molecule has 0 amide bonds. The fraction of sp³-hybridized carbons (Fsp3) is 1.00. The van der Waals surface area contributed by atoms with Crippen LogP contribution in [0.5, 0.6) is 0 Å². The van der Waals surface area contributed by atoms with E-state index in [0.29, 0.717) is 6.04 Å². The SMILES string of the molecule is NNC(CCC1CCCCC1)CC1CCCCC1. The smallest absolute Gasteiger partial charge is 0.0213 e. The van der Waals surface area contributed by atoms with Crippen LogP contribution in [0, 0.1) is 11.8 Å². The Hall–Kier alpha value is -0.0800. The van der Waals surface area contributed by atoms with Gasteiger partial charge >= 0.3 is 0 Å². The molecular formula is C16H32N2. The molecule has 0 aromatic rings. The Morgan fingerprint density at radius 1 is 0.833 bits per heavy atom. The van der Waals surface area contributed by atoms with E-state index in [9.17, 15) is 0 Å². The first kappa shape index (κ1) is 14.3. The first-order valence-corrected chi connectivity index (χ1v) is 8.34. The van der Waals surface area contributed by atoms with Crippen LogP contribution in [-0.4, -0.2) is 6.04 Å². The molecule has 0 aromatic carbocycles. The predicted molar refractivity (Wildman–Crippen MR) is 78.1 cm³/mol. The summed E-state index contributed by atoms with van der Waals surface area (Å²) in [5.41, 5.74) is 3.09. The van der Waals surface area contributed by atoms with E-state index in [1.54, 1.807) is 0 Å². The molecule has 2 nitrogen and oxygen atoms in total. The number of hydrogen-bond donors (Lipinski definition) is 2. The molecule has 0 heterocycles. The van der Waals surface area contributed by atoms with Crippen molar-refractivity contribution in [3.63, 3.8) is 0 Å². The van der Waals surface area contributed by atoms with Gasteiger partial charge in [0.05, 0.1) is 0 Å². The highest BCUT2D eigenvalue weighted by molar-refractivity contribution is 4.75. The number of rotatable bonds is 6. The van der Waals surface area contributed by atoms with Gasteiger partial charge in [-0.2, -0.15) is 0 Å². The van der Waals surface area contributed by atoms with Gasteiger partial charge in [0.2, 0.25) is 0 Å². The third-order valence-corrected chi connectivity index (χ3v) is 5.23. The van der Waals surface area contributed by atoms with Crippen molar-refractivity contribution < 1.29 is 0 Å². The molecule has 0 aliphatic heterocycles. The van der Waals surface area contributed by atoms with Gasteiger partial charge < -0.3 is 0 Å². The lowest BCUT2D eigenvalue weighted by Gasteiger charge is -2.28. The first-order chi connectivity index (χ1) is 8.88. The normalized spacial score (nSPS) is 25.2. The molecule has 0 aromatic heterocycles. The fourth-order valence-corrected chi connectivity index (χ4v) is 4.01. The molecule has 2 heteroatoms. The summed E-state index contributed by atoms with van der Waals surface area (Å²) in [4.78, 5) is 0. The topological polar surface area (TPSA) is 38.0 Å². The summed E-state index contributed by atoms with van der Waals surface area (Å²) in [6.45, 7) is 0. The van der Waals surface area contributed by atoms with Crippen molar-refractivity contribution in [2.75, 3.05) is 0 Å². The summed E-state index contributed by atoms with van der Waals surface area (Å²) < 4.78 is 0. The van der Waals surface area contributed by atoms with Gasteiger partial charge in [-0.1, -0.05) is 64.2 Å². The summed E-state index contributed by atoms with van der Waals surface area (Å²) >= 11 is 0. The Labute approximate surface area is 113 Å². The molecule has 0 bridgehead atoms. The van der Waals surface area contributed by atoms with E-state index in [2.05, 4.69) is 5.43 Å². The minimum Gasteiger partial charge on any atom is -0.271 e. The zero-order valence-electron chi connectivity index (χ0n) is 12.0. The molecule has 3 N–H and O–H groups in total. The second-order valence-corrected chi connectivity index (χ2v) is 6.68. The van der Waals surface area contributed by atoms with Crippen LogP contribution < -0.4 is 11.3 Å². The molecule has 0 radical (unpaired) electrons. The molecule has 0 spiro atoms. The molecule has 1 unspecified atom stereocenters. The molecule has 1 atom stereocenters. The molecular weight excluding hydrogens is 220 g/mol. The highest BCUT2D eigenvalue weighted by Gasteiger charge is 2.20. The molecule has 2 fully saturated rings. The van der Waals surface area contributed by atoms with Gasteiger partial charge in [-0.05, 0) is 31.1 Å². The third kappa shape index (κ3) is 4.89. The van der Waals surface area contributed by atoms with Crippen LogP contribution in [0.25, 0.3) is 0 Å². The van der Waals surface area contributed by atoms with Crippen molar-refractivity contribution in [1.82, 2.24) is 5.43 Å². The van der Waals surface area contributed by atoms with E-state index in [4.69, 9.17) is 5.84 Å². The number of nitrogens with one attached hydrogen (secondary N) is 1. The monoisotopic (exact) mass is 252 g/mol. The average molecular weight is 252 g/mol. The van der Waals surface area contributed by atoms with Gasteiger partial charge in [-0.25, -0.2) is 0 Å². The summed E-state index contributed by atoms with van der Waals surface area (Å²) in [7, 11) is 0. The molecule has 2 saturated carbocycles. The Morgan fingerprint density at radius 3 is 1.94 bits per heavy atom. The third-order valence-electron chi connectivity index (χ3n) is 5.23. The fourth-order valence-electron chi connectivity index (χ4n) is 4.01. The lowest BCUT2D eigenvalue weighted by Crippen LogP contribution is -2.37. The first-order valence-electron chi connectivity index (χ1n) is 8.34. The summed E-state index contributed by atoms with van der Waals surface area (Å²) in [5.74, 6) is 7.71. The van der Waals surface area contributed by atoms with Gasteiger partial charge in [-0.3, -0.25) is 11.3 Å². The van der Waals surface area contributed by atoms with Crippen LogP contribution in [0.15, 0.2) is 0 Å². The van der Waals surface area contributed by atoms with Crippen LogP contribution in [0.3, 0.4) is 0 Å². The van der Waals surface area contributed by atoms with E-state index in [1.807, 2.05) is 0 Å². The summed E-state index contributed by atoms with van der Waals surface area (Å²) in [5, 5.41) is 0. The van der Waals surface area contributed by atoms with E-state index in [1.165, 1.54) is 83.5 Å². The van der Waals surface area contributed by atoms with Crippen molar-refractivity contribution in [2.24, 2.45) is 17.7 Å². The van der Waals surface area contributed by atoms with Gasteiger partial charge in [0.25, 0.3) is 0 Å². The summed E-state index contributed by atoms with van der Waals surface area (Å²) in [6.07, 6.45) is 18.6. The molecule has 18 heavy (non-hydrogen) atoms. The molecule has 2 rings (SSSR count). The van der Waals surface area contributed by atoms with E-state index >= 15 is 0 Å². The zero-order chi connectivity index (χ0) is 12.6. The Morgan fingerprint density at radius 2 is 1.39 bits per heavy atom. The van der Waals surface area contributed by atoms with E-state index in [0.717, 1.165) is 11.8 Å². The molecule has 2 aliphatic carbocycles. The quantitative estimate of drug-likeness (QED) is 0.550. The Bertz CT molecular complexity index is 205. The van der Waals surface area contributed by atoms with E-state index < -0.39 is 0 Å². The lowest BCUT2D eigenvalue weighted by molar-refractivity contribution is 0.266. The van der Waals surface area contributed by atoms with Gasteiger partial charge in [-0.15, -0.1) is 0 Å². The maximum atomic E-state index is 5.76. The number of nitrogens with two attached hydrogens (primary N) is 1. The van der Waals surface area contributed by atoms with Crippen LogP contribution in [-0.2, 0) is 0 Å². The summed E-state index contributed by atoms with van der Waals surface area (Å²) in [6, 6.07) is 0.579. The minimum absolute atomic E-state index is 0.579. The van der Waals surface area contributed by atoms with Crippen LogP contribution >= 0.6 is 0 Å². The number of hydrazine groups is 1. The highest BCUT2D eigenvalue weighted by Crippen LogP contribution is 2.31. The highest BCUT2D eigenvalue weighted by atomic mass is 15.2. The maximum Gasteiger partial charge on any atom is 0.0213 e. The predicted octanol–water partition coefficient (Wildman–Crippen LogP) is 4.15. The minimum atomic E-state index is 0.579. The van der Waals surface area contributed by atoms with Gasteiger partial charge in [0, 0.05) is 6.04 Å². The van der Waals surface area contributed by atoms with Gasteiger partial charge in [0.15, 0.2) is 0 Å². The van der Waals surface area contributed by atoms with Crippen molar-refractivity contribution in [1.29, 1.82) is 0 Å². The molecule has 2 aliphatic rings. The van der Waals surface area contributed by atoms with E-state index in [-0.39, 0.29) is 0 Å². The largest absolute Gasteiger partial charge is 0.271 e. The Kier molecular flexibility index (Phi) is 6.50. The second kappa shape index (κ2) is 8.16. The van der Waals surface area contributed by atoms with Crippen molar-refractivity contribution in [2.45, 2.75) is 89.5 Å². The van der Waals surface area contributed by atoms with Crippen LogP contribution in [0.1, 0.15) is 83.5 Å². The Balaban J connectivity index is 1.64. The van der Waals surface area contributed by atoms with Crippen LogP contribution in [0.2, 0.25) is 0 Å². The van der Waals surface area contributed by atoms with Crippen LogP contribution in [0.4, 0.5) is 0 Å². The average Bonchev–Trinajstić information content (AvgIpc) is 2.45. The second-order valence-electron chi connectivity index (χ2n) is 6.68. The standard InChI is InChI=1S/C16H32N2/c17-18-16(13-15-9-5-2-6-10-15)12-11-14-7-3-1-4-8-14/h14-16,18H,1-13,17H2. The molecule has 106 valence electrons. The van der Waals surface area contributed by atoms with Crippen molar-refractivity contribution in [3.05, 3.63) is 0 Å². The lowest BCUT2D eigenvalue weighted by atomic mass is 9.81. The van der Waals surface area contributed by atoms with Gasteiger partial charge in [0.1, 0.15) is 0 Å². The van der Waals surface area contributed by atoms with Crippen molar-refractivity contribution in [3.8, 4) is 0 Å².